The molecule has 2 amide bonds. The largest absolute Gasteiger partial charge is 0.465 e. The van der Waals surface area contributed by atoms with E-state index in [1.165, 1.54) is 6.33 Å². The molecule has 0 saturated heterocycles. The summed E-state index contributed by atoms with van der Waals surface area (Å²) in [5.41, 5.74) is 2.76. The maximum atomic E-state index is 13.1. The van der Waals surface area contributed by atoms with Gasteiger partial charge in [0.05, 0.1) is 16.8 Å². The van der Waals surface area contributed by atoms with Gasteiger partial charge >= 0.3 is 6.09 Å². The Bertz CT molecular complexity index is 1070. The summed E-state index contributed by atoms with van der Waals surface area (Å²) in [6, 6.07) is 9.40. The van der Waals surface area contributed by atoms with E-state index < -0.39 is 6.09 Å². The fourth-order valence-electron chi connectivity index (χ4n) is 4.15. The van der Waals surface area contributed by atoms with E-state index in [-0.39, 0.29) is 5.91 Å². The highest BCUT2D eigenvalue weighted by molar-refractivity contribution is 6.07. The maximum absolute atomic E-state index is 13.1. The first-order valence-corrected chi connectivity index (χ1v) is 10.5. The normalized spacial score (nSPS) is 18.5. The van der Waals surface area contributed by atoms with Crippen LogP contribution in [0.25, 0.3) is 22.2 Å². The maximum Gasteiger partial charge on any atom is 0.404 e. The second kappa shape index (κ2) is 9.51. The van der Waals surface area contributed by atoms with Crippen molar-refractivity contribution in [2.75, 3.05) is 13.1 Å². The summed E-state index contributed by atoms with van der Waals surface area (Å²) < 4.78 is 0. The molecule has 0 unspecified atom stereocenters. The molecule has 3 aromatic rings. The van der Waals surface area contributed by atoms with Crippen molar-refractivity contribution in [3.05, 3.63) is 54.6 Å². The third-order valence-corrected chi connectivity index (χ3v) is 5.88. The van der Waals surface area contributed by atoms with Crippen molar-refractivity contribution in [1.82, 2.24) is 25.6 Å². The quantitative estimate of drug-likeness (QED) is 0.563. The molecule has 1 aliphatic rings. The number of nitrogens with one attached hydrogen (secondary N) is 2. The van der Waals surface area contributed by atoms with Gasteiger partial charge in [-0.3, -0.25) is 4.79 Å². The number of aromatic nitrogens is 3. The number of fused-ring (bicyclic) bond motifs is 1. The zero-order valence-electron chi connectivity index (χ0n) is 17.1. The molecule has 1 fully saturated rings. The highest BCUT2D eigenvalue weighted by Gasteiger charge is 2.22. The van der Waals surface area contributed by atoms with Crippen molar-refractivity contribution in [2.24, 2.45) is 11.8 Å². The lowest BCUT2D eigenvalue weighted by molar-refractivity contribution is 0.0942. The van der Waals surface area contributed by atoms with Crippen LogP contribution in [-0.4, -0.2) is 45.1 Å². The molecule has 1 aromatic carbocycles. The minimum atomic E-state index is -0.972. The number of pyridine rings is 1. The topological polar surface area (TPSA) is 117 Å². The summed E-state index contributed by atoms with van der Waals surface area (Å²) in [4.78, 5) is 36.5. The first-order valence-electron chi connectivity index (χ1n) is 10.5. The van der Waals surface area contributed by atoms with Gasteiger partial charge in [0.1, 0.15) is 6.33 Å². The van der Waals surface area contributed by atoms with Crippen molar-refractivity contribution in [1.29, 1.82) is 0 Å². The SMILES string of the molecule is O=C(O)NCC1CCC(CNC(=O)c2cc(-c3cncnc3)nc3ccccc23)CC1. The number of carbonyl (C=O) groups excluding carboxylic acids is 1. The van der Waals surface area contributed by atoms with Gasteiger partial charge in [-0.2, -0.15) is 0 Å². The molecule has 1 aliphatic carbocycles. The lowest BCUT2D eigenvalue weighted by atomic mass is 9.82. The van der Waals surface area contributed by atoms with E-state index in [0.29, 0.717) is 36.2 Å². The zero-order valence-corrected chi connectivity index (χ0v) is 17.1. The van der Waals surface area contributed by atoms with Gasteiger partial charge < -0.3 is 15.7 Å². The van der Waals surface area contributed by atoms with Gasteiger partial charge in [-0.05, 0) is 49.7 Å². The molecule has 0 atom stereocenters. The summed E-state index contributed by atoms with van der Waals surface area (Å²) >= 11 is 0. The minimum Gasteiger partial charge on any atom is -0.465 e. The summed E-state index contributed by atoms with van der Waals surface area (Å²) in [5.74, 6) is 0.661. The number of carbonyl (C=O) groups is 2. The van der Waals surface area contributed by atoms with E-state index in [1.807, 2.05) is 24.3 Å². The molecule has 160 valence electrons. The van der Waals surface area contributed by atoms with Crippen LogP contribution in [0.4, 0.5) is 4.79 Å². The summed E-state index contributed by atoms with van der Waals surface area (Å²) in [7, 11) is 0. The monoisotopic (exact) mass is 419 g/mol. The van der Waals surface area contributed by atoms with Gasteiger partial charge in [-0.15, -0.1) is 0 Å². The fraction of sp³-hybridized carbons (Fsp3) is 0.348. The van der Waals surface area contributed by atoms with Crippen LogP contribution >= 0.6 is 0 Å². The lowest BCUT2D eigenvalue weighted by Gasteiger charge is -2.28. The van der Waals surface area contributed by atoms with E-state index in [1.54, 1.807) is 18.5 Å². The predicted molar refractivity (Wildman–Crippen MR) is 117 cm³/mol. The number of para-hydroxylation sites is 1. The van der Waals surface area contributed by atoms with E-state index in [9.17, 15) is 9.59 Å². The van der Waals surface area contributed by atoms with Crippen LogP contribution in [0.3, 0.4) is 0 Å². The lowest BCUT2D eigenvalue weighted by Crippen LogP contribution is -2.34. The highest BCUT2D eigenvalue weighted by Crippen LogP contribution is 2.28. The molecule has 31 heavy (non-hydrogen) atoms. The van der Waals surface area contributed by atoms with Crippen molar-refractivity contribution < 1.29 is 14.7 Å². The third-order valence-electron chi connectivity index (χ3n) is 5.88. The Morgan fingerprint density at radius 2 is 1.61 bits per heavy atom. The molecule has 3 N–H and O–H groups in total. The molecule has 0 aliphatic heterocycles. The highest BCUT2D eigenvalue weighted by atomic mass is 16.4. The van der Waals surface area contributed by atoms with Crippen molar-refractivity contribution in [2.45, 2.75) is 25.7 Å². The molecule has 1 saturated carbocycles. The van der Waals surface area contributed by atoms with Gasteiger partial charge in [0.25, 0.3) is 5.91 Å². The molecule has 0 bridgehead atoms. The number of carboxylic acid groups (broad SMARTS) is 1. The number of nitrogens with zero attached hydrogens (tertiary/aromatic N) is 3. The average Bonchev–Trinajstić information content (AvgIpc) is 2.81. The van der Waals surface area contributed by atoms with Crippen LogP contribution in [0.2, 0.25) is 0 Å². The Morgan fingerprint density at radius 1 is 0.968 bits per heavy atom. The number of amides is 2. The van der Waals surface area contributed by atoms with Crippen LogP contribution in [-0.2, 0) is 0 Å². The van der Waals surface area contributed by atoms with Crippen molar-refractivity contribution >= 4 is 22.9 Å². The molecule has 0 radical (unpaired) electrons. The number of hydrogen-bond donors (Lipinski definition) is 3. The first-order chi connectivity index (χ1) is 15.1. The standard InChI is InChI=1S/C23H25N5O3/c29-22(26-10-15-5-7-16(8-6-15)11-27-23(30)31)19-9-21(17-12-24-14-25-13-17)28-20-4-2-1-3-18(19)20/h1-4,9,12-16,27H,5-8,10-11H2,(H,26,29)(H,30,31). The summed E-state index contributed by atoms with van der Waals surface area (Å²) in [6.07, 6.45) is 7.76. The summed E-state index contributed by atoms with van der Waals surface area (Å²) in [6.45, 7) is 1.11. The fourth-order valence-corrected chi connectivity index (χ4v) is 4.15. The molecule has 8 nitrogen and oxygen atoms in total. The molecular formula is C23H25N5O3. The number of rotatable bonds is 6. The Morgan fingerprint density at radius 3 is 2.29 bits per heavy atom. The van der Waals surface area contributed by atoms with Crippen LogP contribution in [0, 0.1) is 11.8 Å². The Labute approximate surface area is 180 Å². The Kier molecular flexibility index (Phi) is 6.35. The Hall–Kier alpha value is -3.55. The van der Waals surface area contributed by atoms with Gasteiger partial charge in [0.15, 0.2) is 0 Å². The summed E-state index contributed by atoms with van der Waals surface area (Å²) in [5, 5.41) is 15.1. The Balaban J connectivity index is 1.44. The van der Waals surface area contributed by atoms with Crippen molar-refractivity contribution in [3.8, 4) is 11.3 Å². The van der Waals surface area contributed by atoms with Crippen LogP contribution in [0.1, 0.15) is 36.0 Å². The van der Waals surface area contributed by atoms with Crippen LogP contribution < -0.4 is 10.6 Å². The predicted octanol–water partition coefficient (Wildman–Crippen LogP) is 3.50. The zero-order chi connectivity index (χ0) is 21.6. The van der Waals surface area contributed by atoms with Crippen LogP contribution in [0.15, 0.2) is 49.1 Å². The van der Waals surface area contributed by atoms with E-state index >= 15 is 0 Å². The van der Waals surface area contributed by atoms with E-state index in [4.69, 9.17) is 5.11 Å². The first kappa shape index (κ1) is 20.7. The molecular weight excluding hydrogens is 394 g/mol. The van der Waals surface area contributed by atoms with Gasteiger partial charge in [0.2, 0.25) is 0 Å². The van der Waals surface area contributed by atoms with Gasteiger partial charge in [-0.25, -0.2) is 19.7 Å². The number of hydrogen-bond acceptors (Lipinski definition) is 5. The number of benzene rings is 1. The molecule has 2 aromatic heterocycles. The van der Waals surface area contributed by atoms with E-state index in [2.05, 4.69) is 25.6 Å². The molecule has 0 spiro atoms. The molecule has 2 heterocycles. The molecule has 8 heteroatoms. The third kappa shape index (κ3) is 5.14. The second-order valence-electron chi connectivity index (χ2n) is 7.98. The van der Waals surface area contributed by atoms with Crippen molar-refractivity contribution in [3.63, 3.8) is 0 Å². The van der Waals surface area contributed by atoms with Gasteiger partial charge in [0, 0.05) is 36.4 Å². The minimum absolute atomic E-state index is 0.119. The van der Waals surface area contributed by atoms with Crippen LogP contribution in [0.5, 0.6) is 0 Å². The van der Waals surface area contributed by atoms with Gasteiger partial charge in [-0.1, -0.05) is 18.2 Å². The second-order valence-corrected chi connectivity index (χ2v) is 7.98. The average molecular weight is 419 g/mol. The smallest absolute Gasteiger partial charge is 0.404 e. The van der Waals surface area contributed by atoms with E-state index in [0.717, 1.165) is 42.1 Å². The molecule has 4 rings (SSSR count).